The van der Waals surface area contributed by atoms with Crippen molar-refractivity contribution in [3.05, 3.63) is 34.9 Å². The fourth-order valence-corrected chi connectivity index (χ4v) is 3.56. The molecular weight excluding hydrogens is 348 g/mol. The summed E-state index contributed by atoms with van der Waals surface area (Å²) in [5, 5.41) is 4.61. The number of hydrogen-bond acceptors (Lipinski definition) is 4. The molecule has 8 heteroatoms. The van der Waals surface area contributed by atoms with Gasteiger partial charge in [0.1, 0.15) is 6.04 Å². The summed E-state index contributed by atoms with van der Waals surface area (Å²) in [6.45, 7) is 5.60. The third-order valence-corrected chi connectivity index (χ3v) is 4.83. The first-order chi connectivity index (χ1) is 12.8. The molecule has 2 saturated heterocycles. The molecule has 0 aliphatic carbocycles. The first kappa shape index (κ1) is 18.9. The highest BCUT2D eigenvalue weighted by Gasteiger charge is 2.31. The number of carbonyl (C=O) groups excluding carboxylic acids is 4. The molecule has 2 fully saturated rings. The summed E-state index contributed by atoms with van der Waals surface area (Å²) < 4.78 is 0. The van der Waals surface area contributed by atoms with Gasteiger partial charge in [0, 0.05) is 26.1 Å². The molecule has 0 aromatic heterocycles. The molecule has 27 heavy (non-hydrogen) atoms. The molecule has 0 spiro atoms. The van der Waals surface area contributed by atoms with Gasteiger partial charge in [-0.3, -0.25) is 19.7 Å². The SMILES string of the molecule is Cc1cc(C)cc(CN2CCN(C(=O)CCC3NC(=O)NC3=O)CC2=O)c1. The summed E-state index contributed by atoms with van der Waals surface area (Å²) in [7, 11) is 0. The molecule has 144 valence electrons. The number of rotatable bonds is 5. The number of amides is 5. The predicted molar refractivity (Wildman–Crippen MR) is 97.6 cm³/mol. The van der Waals surface area contributed by atoms with Crippen molar-refractivity contribution in [1.29, 1.82) is 0 Å². The second kappa shape index (κ2) is 7.77. The number of carbonyl (C=O) groups is 4. The van der Waals surface area contributed by atoms with Crippen LogP contribution in [0.1, 0.15) is 29.5 Å². The Bertz CT molecular complexity index is 772. The summed E-state index contributed by atoms with van der Waals surface area (Å²) in [6, 6.07) is 5.02. The molecule has 2 N–H and O–H groups in total. The molecule has 8 nitrogen and oxygen atoms in total. The molecule has 1 aromatic carbocycles. The van der Waals surface area contributed by atoms with Gasteiger partial charge >= 0.3 is 6.03 Å². The highest BCUT2D eigenvalue weighted by molar-refractivity contribution is 6.04. The number of aryl methyl sites for hydroxylation is 2. The van der Waals surface area contributed by atoms with Crippen LogP contribution in [0.25, 0.3) is 0 Å². The summed E-state index contributed by atoms with van der Waals surface area (Å²) in [4.78, 5) is 50.7. The van der Waals surface area contributed by atoms with Crippen LogP contribution in [0, 0.1) is 13.8 Å². The van der Waals surface area contributed by atoms with Crippen molar-refractivity contribution >= 4 is 23.8 Å². The van der Waals surface area contributed by atoms with Crippen LogP contribution in [-0.2, 0) is 20.9 Å². The van der Waals surface area contributed by atoms with E-state index in [4.69, 9.17) is 0 Å². The average Bonchev–Trinajstić information content (AvgIpc) is 2.91. The Balaban J connectivity index is 1.50. The van der Waals surface area contributed by atoms with Gasteiger partial charge in [-0.25, -0.2) is 4.79 Å². The number of nitrogens with one attached hydrogen (secondary N) is 2. The number of piperazine rings is 1. The normalized spacial score (nSPS) is 19.9. The highest BCUT2D eigenvalue weighted by atomic mass is 16.2. The largest absolute Gasteiger partial charge is 0.335 e. The van der Waals surface area contributed by atoms with Gasteiger partial charge in [0.25, 0.3) is 5.91 Å². The fraction of sp³-hybridized carbons (Fsp3) is 0.474. The second-order valence-corrected chi connectivity index (χ2v) is 7.18. The van der Waals surface area contributed by atoms with Crippen molar-refractivity contribution in [2.75, 3.05) is 19.6 Å². The van der Waals surface area contributed by atoms with Crippen molar-refractivity contribution in [1.82, 2.24) is 20.4 Å². The third-order valence-electron chi connectivity index (χ3n) is 4.83. The topological polar surface area (TPSA) is 98.8 Å². The van der Waals surface area contributed by atoms with Gasteiger partial charge in [-0.1, -0.05) is 29.3 Å². The zero-order valence-electron chi connectivity index (χ0n) is 15.6. The van der Waals surface area contributed by atoms with E-state index < -0.39 is 18.0 Å². The molecule has 2 heterocycles. The Kier molecular flexibility index (Phi) is 5.43. The van der Waals surface area contributed by atoms with E-state index in [1.165, 1.54) is 4.90 Å². The Morgan fingerprint density at radius 1 is 1.11 bits per heavy atom. The van der Waals surface area contributed by atoms with Gasteiger partial charge in [-0.05, 0) is 25.8 Å². The minimum Gasteiger partial charge on any atom is -0.335 e. The maximum Gasteiger partial charge on any atom is 0.322 e. The maximum absolute atomic E-state index is 12.4. The van der Waals surface area contributed by atoms with Crippen LogP contribution in [0.5, 0.6) is 0 Å². The molecule has 1 unspecified atom stereocenters. The predicted octanol–water partition coefficient (Wildman–Crippen LogP) is 0.462. The summed E-state index contributed by atoms with van der Waals surface area (Å²) in [6.07, 6.45) is 0.343. The van der Waals surface area contributed by atoms with E-state index in [2.05, 4.69) is 28.8 Å². The van der Waals surface area contributed by atoms with Gasteiger partial charge < -0.3 is 15.1 Å². The lowest BCUT2D eigenvalue weighted by atomic mass is 10.1. The minimum absolute atomic E-state index is 0.0485. The molecule has 0 bridgehead atoms. The van der Waals surface area contributed by atoms with Crippen LogP contribution in [0.2, 0.25) is 0 Å². The molecule has 2 aliphatic heterocycles. The van der Waals surface area contributed by atoms with E-state index in [0.29, 0.717) is 19.6 Å². The van der Waals surface area contributed by atoms with Crippen molar-refractivity contribution in [2.45, 2.75) is 39.3 Å². The van der Waals surface area contributed by atoms with E-state index in [1.807, 2.05) is 13.8 Å². The molecule has 0 saturated carbocycles. The molecule has 0 radical (unpaired) electrons. The molecule has 5 amide bonds. The van der Waals surface area contributed by atoms with Crippen molar-refractivity contribution in [2.24, 2.45) is 0 Å². The quantitative estimate of drug-likeness (QED) is 0.734. The Labute approximate surface area is 157 Å². The number of imide groups is 1. The fourth-order valence-electron chi connectivity index (χ4n) is 3.56. The Morgan fingerprint density at radius 2 is 1.81 bits per heavy atom. The maximum atomic E-state index is 12.4. The van der Waals surface area contributed by atoms with Crippen LogP contribution >= 0.6 is 0 Å². The first-order valence-corrected chi connectivity index (χ1v) is 9.06. The lowest BCUT2D eigenvalue weighted by Gasteiger charge is -2.34. The number of nitrogens with zero attached hydrogens (tertiary/aromatic N) is 2. The van der Waals surface area contributed by atoms with Gasteiger partial charge in [0.2, 0.25) is 11.8 Å². The Hall–Kier alpha value is -2.90. The Morgan fingerprint density at radius 3 is 2.41 bits per heavy atom. The monoisotopic (exact) mass is 372 g/mol. The number of benzene rings is 1. The van der Waals surface area contributed by atoms with Gasteiger partial charge in [0.15, 0.2) is 0 Å². The molecule has 1 aromatic rings. The van der Waals surface area contributed by atoms with Crippen LogP contribution in [0.15, 0.2) is 18.2 Å². The van der Waals surface area contributed by atoms with Crippen LogP contribution in [0.3, 0.4) is 0 Å². The number of hydrogen-bond donors (Lipinski definition) is 2. The van der Waals surface area contributed by atoms with Crippen molar-refractivity contribution in [3.8, 4) is 0 Å². The van der Waals surface area contributed by atoms with Gasteiger partial charge in [-0.15, -0.1) is 0 Å². The van der Waals surface area contributed by atoms with E-state index in [9.17, 15) is 19.2 Å². The van der Waals surface area contributed by atoms with E-state index in [0.717, 1.165) is 16.7 Å². The van der Waals surface area contributed by atoms with Crippen LogP contribution < -0.4 is 10.6 Å². The van der Waals surface area contributed by atoms with Crippen LogP contribution in [0.4, 0.5) is 4.79 Å². The van der Waals surface area contributed by atoms with E-state index in [1.54, 1.807) is 4.90 Å². The second-order valence-electron chi connectivity index (χ2n) is 7.18. The average molecular weight is 372 g/mol. The molecule has 2 aliphatic rings. The smallest absolute Gasteiger partial charge is 0.322 e. The molecule has 3 rings (SSSR count). The zero-order valence-corrected chi connectivity index (χ0v) is 15.6. The molecular formula is C19H24N4O4. The zero-order chi connectivity index (χ0) is 19.6. The van der Waals surface area contributed by atoms with Crippen LogP contribution in [-0.4, -0.2) is 59.2 Å². The van der Waals surface area contributed by atoms with E-state index in [-0.39, 0.29) is 31.2 Å². The minimum atomic E-state index is -0.678. The standard InChI is InChI=1S/C19H24N4O4/c1-12-7-13(2)9-14(8-12)10-22-5-6-23(11-17(22)25)16(24)4-3-15-18(26)21-19(27)20-15/h7-9,15H,3-6,10-11H2,1-2H3,(H2,20,21,26,27). The highest BCUT2D eigenvalue weighted by Crippen LogP contribution is 2.15. The van der Waals surface area contributed by atoms with E-state index >= 15 is 0 Å². The number of urea groups is 1. The van der Waals surface area contributed by atoms with Crippen molar-refractivity contribution in [3.63, 3.8) is 0 Å². The lowest BCUT2D eigenvalue weighted by molar-refractivity contribution is -0.145. The van der Waals surface area contributed by atoms with Gasteiger partial charge in [0.05, 0.1) is 6.54 Å². The summed E-state index contributed by atoms with van der Waals surface area (Å²) in [5.74, 6) is -0.675. The third kappa shape index (κ3) is 4.64. The summed E-state index contributed by atoms with van der Waals surface area (Å²) in [5.41, 5.74) is 3.41. The lowest BCUT2D eigenvalue weighted by Crippen LogP contribution is -2.52. The van der Waals surface area contributed by atoms with Gasteiger partial charge in [-0.2, -0.15) is 0 Å². The summed E-state index contributed by atoms with van der Waals surface area (Å²) >= 11 is 0. The molecule has 1 atom stereocenters. The van der Waals surface area contributed by atoms with Crippen molar-refractivity contribution < 1.29 is 19.2 Å². The first-order valence-electron chi connectivity index (χ1n) is 9.06.